The highest BCUT2D eigenvalue weighted by atomic mass is 35.5. The molecule has 1 rings (SSSR count). The molecule has 0 saturated heterocycles. The van der Waals surface area contributed by atoms with Crippen molar-refractivity contribution in [2.75, 3.05) is 33.4 Å². The number of carbonyl (C=O) groups is 1. The molecule has 22 heavy (non-hydrogen) atoms. The lowest BCUT2D eigenvalue weighted by Gasteiger charge is -2.15. The highest BCUT2D eigenvalue weighted by Crippen LogP contribution is 2.22. The summed E-state index contributed by atoms with van der Waals surface area (Å²) in [5.41, 5.74) is 0.433. The Hall–Kier alpha value is -1.01. The topological polar surface area (TPSA) is 59.6 Å². The summed E-state index contributed by atoms with van der Waals surface area (Å²) in [5, 5.41) is 6.60. The SMILES string of the molecule is CCN[C@H](C)CNC(=O)c1cc(Cl)ccc1OCCOC.Cl. The molecule has 126 valence electrons. The number of hydrogen-bond donors (Lipinski definition) is 2. The minimum Gasteiger partial charge on any atom is -0.490 e. The molecule has 0 aromatic heterocycles. The van der Waals surface area contributed by atoms with Crippen molar-refractivity contribution in [1.82, 2.24) is 10.6 Å². The maximum absolute atomic E-state index is 12.3. The van der Waals surface area contributed by atoms with Crippen molar-refractivity contribution >= 4 is 29.9 Å². The van der Waals surface area contributed by atoms with Crippen LogP contribution in [-0.4, -0.2) is 45.4 Å². The summed E-state index contributed by atoms with van der Waals surface area (Å²) in [6.07, 6.45) is 0. The van der Waals surface area contributed by atoms with E-state index in [2.05, 4.69) is 10.6 Å². The van der Waals surface area contributed by atoms with Crippen molar-refractivity contribution in [2.45, 2.75) is 19.9 Å². The highest BCUT2D eigenvalue weighted by Gasteiger charge is 2.14. The first-order valence-corrected chi connectivity index (χ1v) is 7.39. The van der Waals surface area contributed by atoms with Gasteiger partial charge in [-0.05, 0) is 31.7 Å². The zero-order valence-corrected chi connectivity index (χ0v) is 14.7. The molecule has 0 aliphatic carbocycles. The van der Waals surface area contributed by atoms with Gasteiger partial charge in [0.1, 0.15) is 12.4 Å². The molecule has 0 aliphatic heterocycles. The second-order valence-corrected chi connectivity index (χ2v) is 5.09. The lowest BCUT2D eigenvalue weighted by molar-refractivity contribution is 0.0942. The van der Waals surface area contributed by atoms with Crippen molar-refractivity contribution in [2.24, 2.45) is 0 Å². The van der Waals surface area contributed by atoms with Gasteiger partial charge in [0.25, 0.3) is 5.91 Å². The van der Waals surface area contributed by atoms with Crippen molar-refractivity contribution in [3.63, 3.8) is 0 Å². The lowest BCUT2D eigenvalue weighted by atomic mass is 10.2. The summed E-state index contributed by atoms with van der Waals surface area (Å²) < 4.78 is 10.5. The van der Waals surface area contributed by atoms with Crippen LogP contribution in [0.4, 0.5) is 0 Å². The molecule has 1 atom stereocenters. The van der Waals surface area contributed by atoms with Gasteiger partial charge >= 0.3 is 0 Å². The fraction of sp³-hybridized carbons (Fsp3) is 0.533. The molecule has 0 heterocycles. The third kappa shape index (κ3) is 7.31. The predicted molar refractivity (Wildman–Crippen MR) is 91.5 cm³/mol. The summed E-state index contributed by atoms with van der Waals surface area (Å²) in [4.78, 5) is 12.3. The van der Waals surface area contributed by atoms with Crippen molar-refractivity contribution < 1.29 is 14.3 Å². The smallest absolute Gasteiger partial charge is 0.255 e. The van der Waals surface area contributed by atoms with Crippen LogP contribution in [0, 0.1) is 0 Å². The Labute approximate surface area is 143 Å². The van der Waals surface area contributed by atoms with Crippen LogP contribution in [-0.2, 0) is 4.74 Å². The number of rotatable bonds is 9. The van der Waals surface area contributed by atoms with E-state index >= 15 is 0 Å². The molecule has 0 aliphatic rings. The third-order valence-electron chi connectivity index (χ3n) is 2.85. The molecule has 0 radical (unpaired) electrons. The molecule has 0 fully saturated rings. The van der Waals surface area contributed by atoms with Gasteiger partial charge in [0.15, 0.2) is 0 Å². The van der Waals surface area contributed by atoms with Crippen LogP contribution < -0.4 is 15.4 Å². The number of benzene rings is 1. The Balaban J connectivity index is 0.00000441. The van der Waals surface area contributed by atoms with Gasteiger partial charge in [0.05, 0.1) is 12.2 Å². The molecule has 1 aromatic carbocycles. The number of amides is 1. The van der Waals surface area contributed by atoms with Crippen LogP contribution in [0.25, 0.3) is 0 Å². The first-order valence-electron chi connectivity index (χ1n) is 7.01. The lowest BCUT2D eigenvalue weighted by Crippen LogP contribution is -2.38. The normalized spacial score (nSPS) is 11.5. The van der Waals surface area contributed by atoms with Gasteiger partial charge in [0.2, 0.25) is 0 Å². The fourth-order valence-electron chi connectivity index (χ4n) is 1.80. The second kappa shape index (κ2) is 11.5. The minimum atomic E-state index is -0.199. The molecular weight excluding hydrogens is 327 g/mol. The van der Waals surface area contributed by atoms with E-state index in [0.29, 0.717) is 36.1 Å². The predicted octanol–water partition coefficient (Wildman–Crippen LogP) is 2.51. The van der Waals surface area contributed by atoms with Gasteiger partial charge < -0.3 is 20.1 Å². The van der Waals surface area contributed by atoms with E-state index in [1.54, 1.807) is 25.3 Å². The summed E-state index contributed by atoms with van der Waals surface area (Å²) in [5.74, 6) is 0.305. The van der Waals surface area contributed by atoms with E-state index in [1.165, 1.54) is 0 Å². The van der Waals surface area contributed by atoms with Gasteiger partial charge in [-0.25, -0.2) is 0 Å². The number of halogens is 2. The van der Waals surface area contributed by atoms with Crippen LogP contribution in [0.5, 0.6) is 5.75 Å². The first-order chi connectivity index (χ1) is 10.1. The molecule has 0 spiro atoms. The number of ether oxygens (including phenoxy) is 2. The highest BCUT2D eigenvalue weighted by molar-refractivity contribution is 6.31. The van der Waals surface area contributed by atoms with Crippen LogP contribution in [0.15, 0.2) is 18.2 Å². The number of likely N-dealkylation sites (N-methyl/N-ethyl adjacent to an activating group) is 1. The van der Waals surface area contributed by atoms with E-state index < -0.39 is 0 Å². The van der Waals surface area contributed by atoms with Gasteiger partial charge in [0, 0.05) is 24.7 Å². The molecule has 5 nitrogen and oxygen atoms in total. The van der Waals surface area contributed by atoms with E-state index in [0.717, 1.165) is 6.54 Å². The molecule has 1 amide bonds. The number of methoxy groups -OCH3 is 1. The van der Waals surface area contributed by atoms with Crippen LogP contribution in [0.2, 0.25) is 5.02 Å². The van der Waals surface area contributed by atoms with Crippen molar-refractivity contribution in [3.8, 4) is 5.75 Å². The number of hydrogen-bond acceptors (Lipinski definition) is 4. The van der Waals surface area contributed by atoms with E-state index in [9.17, 15) is 4.79 Å². The van der Waals surface area contributed by atoms with Gasteiger partial charge in [-0.15, -0.1) is 12.4 Å². The molecule has 0 bridgehead atoms. The van der Waals surface area contributed by atoms with Gasteiger partial charge in [-0.2, -0.15) is 0 Å². The number of carbonyl (C=O) groups excluding carboxylic acids is 1. The largest absolute Gasteiger partial charge is 0.490 e. The third-order valence-corrected chi connectivity index (χ3v) is 3.09. The van der Waals surface area contributed by atoms with Crippen molar-refractivity contribution in [1.29, 1.82) is 0 Å². The Morgan fingerprint density at radius 3 is 2.73 bits per heavy atom. The summed E-state index contributed by atoms with van der Waals surface area (Å²) in [6.45, 7) is 6.28. The molecule has 1 aromatic rings. The molecule has 2 N–H and O–H groups in total. The summed E-state index contributed by atoms with van der Waals surface area (Å²) in [7, 11) is 1.60. The summed E-state index contributed by atoms with van der Waals surface area (Å²) >= 11 is 5.96. The zero-order chi connectivity index (χ0) is 15.7. The maximum Gasteiger partial charge on any atom is 0.255 e. The standard InChI is InChI=1S/C15H23ClN2O3.ClH/c1-4-17-11(2)10-18-15(19)13-9-12(16)5-6-14(13)21-8-7-20-3;/h5-6,9,11,17H,4,7-8,10H2,1-3H3,(H,18,19);1H/t11-;/m1./s1. The Morgan fingerprint density at radius 1 is 1.36 bits per heavy atom. The average Bonchev–Trinajstić information content (AvgIpc) is 2.46. The Morgan fingerprint density at radius 2 is 2.09 bits per heavy atom. The second-order valence-electron chi connectivity index (χ2n) is 4.65. The van der Waals surface area contributed by atoms with Gasteiger partial charge in [-0.3, -0.25) is 4.79 Å². The maximum atomic E-state index is 12.3. The Kier molecular flexibility index (Phi) is 11.0. The zero-order valence-electron chi connectivity index (χ0n) is 13.1. The number of nitrogens with one attached hydrogen (secondary N) is 2. The minimum absolute atomic E-state index is 0. The molecular formula is C15H24Cl2N2O3. The van der Waals surface area contributed by atoms with E-state index in [-0.39, 0.29) is 24.4 Å². The van der Waals surface area contributed by atoms with Crippen molar-refractivity contribution in [3.05, 3.63) is 28.8 Å². The van der Waals surface area contributed by atoms with Crippen LogP contribution >= 0.6 is 24.0 Å². The first kappa shape index (κ1) is 21.0. The summed E-state index contributed by atoms with van der Waals surface area (Å²) in [6, 6.07) is 5.20. The molecule has 0 unspecified atom stereocenters. The molecule has 7 heteroatoms. The quantitative estimate of drug-likeness (QED) is 0.672. The monoisotopic (exact) mass is 350 g/mol. The molecule has 0 saturated carbocycles. The fourth-order valence-corrected chi connectivity index (χ4v) is 1.97. The van der Waals surface area contributed by atoms with E-state index in [4.69, 9.17) is 21.1 Å². The van der Waals surface area contributed by atoms with Crippen LogP contribution in [0.1, 0.15) is 24.2 Å². The Bertz CT molecular complexity index is 458. The van der Waals surface area contributed by atoms with Crippen LogP contribution in [0.3, 0.4) is 0 Å². The van der Waals surface area contributed by atoms with Gasteiger partial charge in [-0.1, -0.05) is 18.5 Å². The average molecular weight is 351 g/mol. The van der Waals surface area contributed by atoms with E-state index in [1.807, 2.05) is 13.8 Å².